The van der Waals surface area contributed by atoms with Gasteiger partial charge >= 0.3 is 0 Å². The molecule has 1 heterocycles. The van der Waals surface area contributed by atoms with E-state index >= 15 is 0 Å². The van der Waals surface area contributed by atoms with Gasteiger partial charge in [-0.25, -0.2) is 0 Å². The molecule has 4 aliphatic rings. The van der Waals surface area contributed by atoms with Crippen molar-refractivity contribution in [2.24, 2.45) is 34.5 Å². The summed E-state index contributed by atoms with van der Waals surface area (Å²) in [4.78, 5) is 68.4. The SMILES string of the molecule is CC(C)(C)[C@H](NC(=O)C1CC1)C(=O)N1C[C@H]2C([C@H]1C(=O)NC(CC1CC1)C(=O)C(=O)NCc1ccccc1)C2(C)C. The van der Waals surface area contributed by atoms with E-state index in [1.54, 1.807) is 4.90 Å². The van der Waals surface area contributed by atoms with E-state index in [4.69, 9.17) is 0 Å². The predicted octanol–water partition coefficient (Wildman–Crippen LogP) is 2.58. The van der Waals surface area contributed by atoms with Gasteiger partial charge in [0.25, 0.3) is 5.91 Å². The Kier molecular flexibility index (Phi) is 7.76. The molecule has 0 bridgehead atoms. The van der Waals surface area contributed by atoms with Crippen molar-refractivity contribution in [1.29, 1.82) is 0 Å². The summed E-state index contributed by atoms with van der Waals surface area (Å²) in [5, 5.41) is 8.57. The maximum absolute atomic E-state index is 14.0. The van der Waals surface area contributed by atoms with E-state index in [1.807, 2.05) is 51.1 Å². The van der Waals surface area contributed by atoms with Crippen LogP contribution in [0.1, 0.15) is 72.3 Å². The lowest BCUT2D eigenvalue weighted by molar-refractivity contribution is -0.146. The average molecular weight is 565 g/mol. The topological polar surface area (TPSA) is 125 Å². The number of hydrogen-bond donors (Lipinski definition) is 3. The van der Waals surface area contributed by atoms with Gasteiger partial charge in [-0.3, -0.25) is 24.0 Å². The number of likely N-dealkylation sites (tertiary alicyclic amines) is 1. The summed E-state index contributed by atoms with van der Waals surface area (Å²) in [7, 11) is 0. The average Bonchev–Trinajstić information content (AvgIpc) is 3.86. The molecule has 1 aromatic carbocycles. The summed E-state index contributed by atoms with van der Waals surface area (Å²) in [5.41, 5.74) is 0.212. The number of benzene rings is 1. The third kappa shape index (κ3) is 6.33. The van der Waals surface area contributed by atoms with Crippen molar-refractivity contribution in [2.45, 2.75) is 91.4 Å². The molecule has 0 aromatic heterocycles. The van der Waals surface area contributed by atoms with Crippen LogP contribution in [0.5, 0.6) is 0 Å². The molecule has 1 aliphatic heterocycles. The van der Waals surface area contributed by atoms with Crippen molar-refractivity contribution in [2.75, 3.05) is 6.54 Å². The van der Waals surface area contributed by atoms with Crippen LogP contribution in [-0.2, 0) is 30.5 Å². The fourth-order valence-corrected chi connectivity index (χ4v) is 6.43. The lowest BCUT2D eigenvalue weighted by Gasteiger charge is -2.38. The number of nitrogens with zero attached hydrogens (tertiary/aromatic N) is 1. The first-order valence-corrected chi connectivity index (χ1v) is 15.1. The first-order chi connectivity index (χ1) is 19.3. The highest BCUT2D eigenvalue weighted by atomic mass is 16.2. The van der Waals surface area contributed by atoms with E-state index in [9.17, 15) is 24.0 Å². The van der Waals surface area contributed by atoms with E-state index in [-0.39, 0.29) is 41.5 Å². The quantitative estimate of drug-likeness (QED) is 0.357. The second kappa shape index (κ2) is 10.9. The van der Waals surface area contributed by atoms with Crippen LogP contribution in [0, 0.1) is 34.5 Å². The minimum Gasteiger partial charge on any atom is -0.345 e. The van der Waals surface area contributed by atoms with Crippen molar-refractivity contribution in [3.8, 4) is 0 Å². The second-order valence-electron chi connectivity index (χ2n) is 14.2. The first kappa shape index (κ1) is 29.3. The minimum absolute atomic E-state index is 0.0418. The van der Waals surface area contributed by atoms with Crippen LogP contribution in [0.15, 0.2) is 30.3 Å². The normalized spacial score (nSPS) is 25.9. The monoisotopic (exact) mass is 564 g/mol. The highest BCUT2D eigenvalue weighted by Gasteiger charge is 2.70. The Bertz CT molecular complexity index is 1210. The van der Waals surface area contributed by atoms with Crippen LogP contribution >= 0.6 is 0 Å². The highest BCUT2D eigenvalue weighted by Crippen LogP contribution is 2.65. The van der Waals surface area contributed by atoms with Crippen molar-refractivity contribution in [1.82, 2.24) is 20.9 Å². The molecule has 0 spiro atoms. The van der Waals surface area contributed by atoms with Gasteiger partial charge in [0.1, 0.15) is 12.1 Å². The van der Waals surface area contributed by atoms with Gasteiger partial charge < -0.3 is 20.9 Å². The number of Topliss-reactive ketones (excluding diaryl/α,β-unsaturated/α-hetero) is 1. The summed E-state index contributed by atoms with van der Waals surface area (Å²) in [6.07, 6.45) is 4.00. The zero-order valence-electron chi connectivity index (χ0n) is 24.9. The molecule has 2 unspecified atom stereocenters. The van der Waals surface area contributed by atoms with Crippen molar-refractivity contribution < 1.29 is 24.0 Å². The Morgan fingerprint density at radius 2 is 1.61 bits per heavy atom. The van der Waals surface area contributed by atoms with Gasteiger partial charge in [0.05, 0.1) is 6.04 Å². The number of hydrogen-bond acceptors (Lipinski definition) is 5. The summed E-state index contributed by atoms with van der Waals surface area (Å²) >= 11 is 0. The lowest BCUT2D eigenvalue weighted by atomic mass is 9.85. The maximum Gasteiger partial charge on any atom is 0.289 e. The number of nitrogens with one attached hydrogen (secondary N) is 3. The van der Waals surface area contributed by atoms with Gasteiger partial charge in [-0.2, -0.15) is 0 Å². The number of rotatable bonds is 11. The Labute approximate surface area is 242 Å². The zero-order valence-corrected chi connectivity index (χ0v) is 24.9. The molecule has 1 saturated heterocycles. The number of piperidine rings is 1. The number of amides is 4. The second-order valence-corrected chi connectivity index (χ2v) is 14.2. The van der Waals surface area contributed by atoms with E-state index in [0.29, 0.717) is 18.9 Å². The van der Waals surface area contributed by atoms with Gasteiger partial charge in [0.2, 0.25) is 23.5 Å². The smallest absolute Gasteiger partial charge is 0.289 e. The van der Waals surface area contributed by atoms with Crippen LogP contribution in [-0.4, -0.2) is 59.0 Å². The molecular formula is C32H44N4O5. The molecule has 1 aromatic rings. The number of carbonyl (C=O) groups is 5. The molecule has 9 heteroatoms. The minimum atomic E-state index is -0.948. The van der Waals surface area contributed by atoms with Crippen LogP contribution in [0.25, 0.3) is 0 Å². The number of fused-ring (bicyclic) bond motifs is 1. The van der Waals surface area contributed by atoms with Gasteiger partial charge in [0, 0.05) is 19.0 Å². The van der Waals surface area contributed by atoms with Crippen LogP contribution < -0.4 is 16.0 Å². The summed E-state index contributed by atoms with van der Waals surface area (Å²) < 4.78 is 0. The van der Waals surface area contributed by atoms with Crippen LogP contribution in [0.2, 0.25) is 0 Å². The molecule has 41 heavy (non-hydrogen) atoms. The fourth-order valence-electron chi connectivity index (χ4n) is 6.43. The summed E-state index contributed by atoms with van der Waals surface area (Å²) in [6.45, 7) is 10.6. The molecule has 3 saturated carbocycles. The van der Waals surface area contributed by atoms with Crippen LogP contribution in [0.3, 0.4) is 0 Å². The predicted molar refractivity (Wildman–Crippen MR) is 153 cm³/mol. The van der Waals surface area contributed by atoms with E-state index < -0.39 is 41.1 Å². The molecule has 3 N–H and O–H groups in total. The maximum atomic E-state index is 14.0. The van der Waals surface area contributed by atoms with Crippen LogP contribution in [0.4, 0.5) is 0 Å². The lowest BCUT2D eigenvalue weighted by Crippen LogP contribution is -2.60. The van der Waals surface area contributed by atoms with Gasteiger partial charge in [0.15, 0.2) is 0 Å². The van der Waals surface area contributed by atoms with E-state index in [1.165, 1.54) is 0 Å². The number of carbonyl (C=O) groups excluding carboxylic acids is 5. The summed E-state index contributed by atoms with van der Waals surface area (Å²) in [5.74, 6) is -1.79. The Morgan fingerprint density at radius 1 is 0.951 bits per heavy atom. The fraction of sp³-hybridized carbons (Fsp3) is 0.656. The number of ketones is 1. The van der Waals surface area contributed by atoms with Crippen molar-refractivity contribution in [3.63, 3.8) is 0 Å². The summed E-state index contributed by atoms with van der Waals surface area (Å²) in [6, 6.07) is 6.87. The van der Waals surface area contributed by atoms with Gasteiger partial charge in [-0.15, -0.1) is 0 Å². The molecule has 4 fully saturated rings. The molecule has 5 rings (SSSR count). The zero-order chi connectivity index (χ0) is 29.7. The molecule has 5 atom stereocenters. The molecule has 4 amide bonds. The third-order valence-electron chi connectivity index (χ3n) is 9.53. The molecule has 222 valence electrons. The molecule has 9 nitrogen and oxygen atoms in total. The highest BCUT2D eigenvalue weighted by molar-refractivity contribution is 6.38. The molecule has 3 aliphatic carbocycles. The standard InChI is InChI=1S/C32H44N4O5/c1-31(2,3)26(35-27(38)20-13-14-20)30(41)36-17-21-23(32(21,4)5)24(36)28(39)34-22(15-18-11-12-18)25(37)29(40)33-16-19-9-7-6-8-10-19/h6-10,18,20-24,26H,11-17H2,1-5H3,(H,33,40)(H,34,39)(H,35,38)/t21-,22?,23?,24-,26+/m0/s1. The van der Waals surface area contributed by atoms with Crippen molar-refractivity contribution in [3.05, 3.63) is 35.9 Å². The Balaban J connectivity index is 1.31. The van der Waals surface area contributed by atoms with Gasteiger partial charge in [-0.05, 0) is 53.4 Å². The van der Waals surface area contributed by atoms with E-state index in [0.717, 1.165) is 31.2 Å². The van der Waals surface area contributed by atoms with E-state index in [2.05, 4.69) is 29.8 Å². The molecule has 0 radical (unpaired) electrons. The Morgan fingerprint density at radius 3 is 2.20 bits per heavy atom. The third-order valence-corrected chi connectivity index (χ3v) is 9.53. The Hall–Kier alpha value is -3.23. The first-order valence-electron chi connectivity index (χ1n) is 15.1. The van der Waals surface area contributed by atoms with Crippen molar-refractivity contribution >= 4 is 29.4 Å². The largest absolute Gasteiger partial charge is 0.345 e. The molecular weight excluding hydrogens is 520 g/mol. The van der Waals surface area contributed by atoms with Gasteiger partial charge in [-0.1, -0.05) is 77.8 Å².